The summed E-state index contributed by atoms with van der Waals surface area (Å²) in [5.41, 5.74) is -0.855. The molecule has 2 rings (SSSR count). The minimum absolute atomic E-state index is 0.0506. The lowest BCUT2D eigenvalue weighted by Crippen LogP contribution is -2.32. The van der Waals surface area contributed by atoms with Gasteiger partial charge in [-0.1, -0.05) is 0 Å². The highest BCUT2D eigenvalue weighted by atomic mass is 16.5. The summed E-state index contributed by atoms with van der Waals surface area (Å²) < 4.78 is 0.757. The number of hydrogen-bond donors (Lipinski definition) is 2. The maximum Gasteiger partial charge on any atom is 0.337 e. The maximum absolute atomic E-state index is 10.9. The van der Waals surface area contributed by atoms with Crippen LogP contribution in [0, 0.1) is 6.92 Å². The van der Waals surface area contributed by atoms with Crippen LogP contribution in [0.15, 0.2) is 21.7 Å². The van der Waals surface area contributed by atoms with E-state index in [2.05, 4.69) is 9.97 Å². The molecule has 0 unspecified atom stereocenters. The molecule has 6 nitrogen and oxygen atoms in total. The predicted molar refractivity (Wildman–Crippen MR) is 47.7 cm³/mol. The summed E-state index contributed by atoms with van der Waals surface area (Å²) in [5.74, 6) is 0.0506. The molecule has 72 valence electrons. The molecule has 0 aromatic rings. The third-order valence-electron chi connectivity index (χ3n) is 1.92. The first-order valence-corrected chi connectivity index (χ1v) is 3.91. The van der Waals surface area contributed by atoms with E-state index in [4.69, 9.17) is 0 Å². The fourth-order valence-electron chi connectivity index (χ4n) is 1.16. The zero-order valence-electron chi connectivity index (χ0n) is 7.31. The van der Waals surface area contributed by atoms with E-state index in [0.717, 1.165) is 4.73 Å². The maximum atomic E-state index is 10.9. The second-order valence-electron chi connectivity index (χ2n) is 2.89. The Hall–Kier alpha value is -2.11. The number of aromatic nitrogens is 3. The molecule has 0 spiro atoms. The quantitative estimate of drug-likeness (QED) is 0.439. The van der Waals surface area contributed by atoms with Crippen molar-refractivity contribution in [3.05, 3.63) is 38.5 Å². The van der Waals surface area contributed by atoms with E-state index in [-0.39, 0.29) is 5.82 Å². The molecular formula is C8H7N3O3. The molecule has 6 heteroatoms. The smallest absolute Gasteiger partial charge is 0.337 e. The van der Waals surface area contributed by atoms with Crippen molar-refractivity contribution in [3.8, 4) is 11.5 Å². The van der Waals surface area contributed by atoms with Crippen LogP contribution in [0.2, 0.25) is 0 Å². The van der Waals surface area contributed by atoms with Crippen LogP contribution < -0.4 is 11.1 Å². The topological polar surface area (TPSA) is 88.0 Å². The van der Waals surface area contributed by atoms with Crippen molar-refractivity contribution in [2.45, 2.75) is 6.92 Å². The number of nitrogens with zero attached hydrogens (tertiary/aromatic N) is 2. The van der Waals surface area contributed by atoms with Crippen molar-refractivity contribution in [3.63, 3.8) is 0 Å². The molecule has 0 aromatic heterocycles. The van der Waals surface area contributed by atoms with E-state index >= 15 is 0 Å². The molecular weight excluding hydrogens is 186 g/mol. The normalized spacial score (nSPS) is 10.6. The number of rotatable bonds is 0. The SMILES string of the molecule is Cc1ccc2[nH]c(=O)c(=O)nc-2n1O. The molecule has 0 bridgehead atoms. The molecule has 0 aromatic carbocycles. The van der Waals surface area contributed by atoms with Crippen molar-refractivity contribution < 1.29 is 5.21 Å². The Morgan fingerprint density at radius 1 is 1.43 bits per heavy atom. The molecule has 2 N–H and O–H groups in total. The average Bonchev–Trinajstić information content (AvgIpc) is 2.15. The lowest BCUT2D eigenvalue weighted by atomic mass is 10.3. The zero-order valence-corrected chi connectivity index (χ0v) is 7.31. The van der Waals surface area contributed by atoms with Crippen LogP contribution in [0.1, 0.15) is 5.69 Å². The van der Waals surface area contributed by atoms with Crippen molar-refractivity contribution in [2.75, 3.05) is 0 Å². The minimum Gasteiger partial charge on any atom is -0.427 e. The highest BCUT2D eigenvalue weighted by Gasteiger charge is 2.11. The predicted octanol–water partition coefficient (Wildman–Crippen LogP) is -0.418. The van der Waals surface area contributed by atoms with Gasteiger partial charge >= 0.3 is 11.1 Å². The molecule has 2 aliphatic heterocycles. The summed E-state index contributed by atoms with van der Waals surface area (Å²) in [6.45, 7) is 1.65. The van der Waals surface area contributed by atoms with Gasteiger partial charge in [-0.05, 0) is 19.1 Å². The van der Waals surface area contributed by atoms with E-state index in [9.17, 15) is 14.8 Å². The molecule has 0 atom stereocenters. The molecule has 0 radical (unpaired) electrons. The first-order valence-electron chi connectivity index (χ1n) is 3.91. The van der Waals surface area contributed by atoms with Crippen LogP contribution in [-0.2, 0) is 0 Å². The highest BCUT2D eigenvalue weighted by Crippen LogP contribution is 2.13. The first-order chi connectivity index (χ1) is 6.59. The Balaban J connectivity index is 2.97. The van der Waals surface area contributed by atoms with Crippen molar-refractivity contribution in [1.82, 2.24) is 14.7 Å². The third kappa shape index (κ3) is 1.08. The fourth-order valence-corrected chi connectivity index (χ4v) is 1.16. The Bertz CT molecular complexity index is 569. The zero-order chi connectivity index (χ0) is 10.3. The van der Waals surface area contributed by atoms with Crippen molar-refractivity contribution in [1.29, 1.82) is 0 Å². The van der Waals surface area contributed by atoms with Gasteiger partial charge in [-0.15, -0.1) is 0 Å². The van der Waals surface area contributed by atoms with Crippen LogP contribution >= 0.6 is 0 Å². The van der Waals surface area contributed by atoms with Gasteiger partial charge in [0, 0.05) is 0 Å². The lowest BCUT2D eigenvalue weighted by Gasteiger charge is -2.09. The minimum atomic E-state index is -0.911. The number of nitrogens with one attached hydrogen (secondary N) is 1. The van der Waals surface area contributed by atoms with Crippen LogP contribution in [0.3, 0.4) is 0 Å². The first kappa shape index (κ1) is 8.49. The summed E-state index contributed by atoms with van der Waals surface area (Å²) in [6.07, 6.45) is 0. The summed E-state index contributed by atoms with van der Waals surface area (Å²) >= 11 is 0. The van der Waals surface area contributed by atoms with Crippen LogP contribution in [0.5, 0.6) is 0 Å². The number of aromatic amines is 1. The molecule has 0 fully saturated rings. The van der Waals surface area contributed by atoms with E-state index in [1.54, 1.807) is 19.1 Å². The Labute approximate surface area is 77.8 Å². The van der Waals surface area contributed by atoms with Gasteiger partial charge in [0.15, 0.2) is 5.82 Å². The van der Waals surface area contributed by atoms with Gasteiger partial charge in [-0.2, -0.15) is 9.71 Å². The van der Waals surface area contributed by atoms with Gasteiger partial charge in [-0.25, -0.2) is 0 Å². The van der Waals surface area contributed by atoms with Gasteiger partial charge in [0.25, 0.3) is 0 Å². The summed E-state index contributed by atoms with van der Waals surface area (Å²) in [6, 6.07) is 3.18. The Morgan fingerprint density at radius 3 is 2.86 bits per heavy atom. The summed E-state index contributed by atoms with van der Waals surface area (Å²) in [5, 5.41) is 9.47. The molecule has 0 aliphatic carbocycles. The number of hydrogen-bond acceptors (Lipinski definition) is 4. The average molecular weight is 193 g/mol. The molecule has 2 aliphatic rings. The number of aryl methyl sites for hydroxylation is 1. The van der Waals surface area contributed by atoms with E-state index in [1.165, 1.54) is 0 Å². The molecule has 0 saturated carbocycles. The van der Waals surface area contributed by atoms with Crippen molar-refractivity contribution in [2.24, 2.45) is 0 Å². The molecule has 2 heterocycles. The highest BCUT2D eigenvalue weighted by molar-refractivity contribution is 5.50. The van der Waals surface area contributed by atoms with Gasteiger partial charge in [0.05, 0.1) is 11.4 Å². The van der Waals surface area contributed by atoms with Gasteiger partial charge in [-0.3, -0.25) is 9.59 Å². The monoisotopic (exact) mass is 193 g/mol. The molecule has 0 amide bonds. The second kappa shape index (κ2) is 2.69. The summed E-state index contributed by atoms with van der Waals surface area (Å²) in [4.78, 5) is 27.6. The van der Waals surface area contributed by atoms with Crippen LogP contribution in [-0.4, -0.2) is 19.9 Å². The van der Waals surface area contributed by atoms with Gasteiger partial charge in [0.1, 0.15) is 0 Å². The summed E-state index contributed by atoms with van der Waals surface area (Å²) in [7, 11) is 0. The number of fused-ring (bicyclic) bond motifs is 1. The Morgan fingerprint density at radius 2 is 2.14 bits per heavy atom. The van der Waals surface area contributed by atoms with Gasteiger partial charge in [0.2, 0.25) is 0 Å². The van der Waals surface area contributed by atoms with E-state index in [1.807, 2.05) is 0 Å². The fraction of sp³-hybridized carbons (Fsp3) is 0.125. The van der Waals surface area contributed by atoms with E-state index < -0.39 is 11.1 Å². The standard InChI is InChI=1S/C8H7N3O3/c1-4-2-3-5-6(11(4)14)10-8(13)7(12)9-5/h2-3,14H,1H3,(H,9,12). The number of pyridine rings is 1. The molecule has 14 heavy (non-hydrogen) atoms. The Kier molecular flexibility index (Phi) is 1.63. The largest absolute Gasteiger partial charge is 0.427 e. The second-order valence-corrected chi connectivity index (χ2v) is 2.89. The van der Waals surface area contributed by atoms with Crippen molar-refractivity contribution >= 4 is 0 Å². The number of H-pyrrole nitrogens is 1. The van der Waals surface area contributed by atoms with E-state index in [0.29, 0.717) is 11.4 Å². The molecule has 0 saturated heterocycles. The van der Waals surface area contributed by atoms with Crippen LogP contribution in [0.4, 0.5) is 0 Å². The van der Waals surface area contributed by atoms with Crippen LogP contribution in [0.25, 0.3) is 11.5 Å². The third-order valence-corrected chi connectivity index (χ3v) is 1.92. The lowest BCUT2D eigenvalue weighted by molar-refractivity contribution is 0.179. The van der Waals surface area contributed by atoms with Gasteiger partial charge < -0.3 is 10.2 Å².